The van der Waals surface area contributed by atoms with Crippen molar-refractivity contribution in [3.63, 3.8) is 0 Å². The lowest BCUT2D eigenvalue weighted by molar-refractivity contribution is 0.303. The van der Waals surface area contributed by atoms with E-state index < -0.39 is 17.5 Å². The Balaban J connectivity index is 1.86. The van der Waals surface area contributed by atoms with Crippen molar-refractivity contribution in [2.24, 2.45) is 5.92 Å². The molecule has 37 heavy (non-hydrogen) atoms. The van der Waals surface area contributed by atoms with Crippen molar-refractivity contribution >= 4 is 16.9 Å². The molecule has 0 spiro atoms. The van der Waals surface area contributed by atoms with Crippen LogP contribution in [0.5, 0.6) is 11.5 Å². The smallest absolute Gasteiger partial charge is 0.351 e. The summed E-state index contributed by atoms with van der Waals surface area (Å²) in [6.07, 6.45) is 2.04. The number of nitrogens with one attached hydrogen (secondary N) is 2. The SMILES string of the molecule is CC1=CCN[C@@H](C(C)C)[C@H]1n1c(=O)nc(N2CCNC[C@@H]2C)c2cc(F)c(-c3c(O)cccc3O)nc21. The predicted molar refractivity (Wildman–Crippen MR) is 142 cm³/mol. The molecule has 2 aliphatic rings. The number of rotatable bonds is 4. The van der Waals surface area contributed by atoms with Crippen molar-refractivity contribution < 1.29 is 14.6 Å². The number of piperazine rings is 1. The first-order valence-corrected chi connectivity index (χ1v) is 12.7. The maximum atomic E-state index is 15.7. The minimum atomic E-state index is -0.727. The van der Waals surface area contributed by atoms with Crippen LogP contribution in [0.4, 0.5) is 10.2 Å². The Morgan fingerprint density at radius 3 is 2.59 bits per heavy atom. The average molecular weight is 509 g/mol. The zero-order valence-corrected chi connectivity index (χ0v) is 21.5. The quantitative estimate of drug-likeness (QED) is 0.398. The second-order valence-corrected chi connectivity index (χ2v) is 10.3. The van der Waals surface area contributed by atoms with E-state index in [2.05, 4.69) is 34.4 Å². The number of anilines is 1. The van der Waals surface area contributed by atoms with Crippen LogP contribution in [0.1, 0.15) is 33.7 Å². The highest BCUT2D eigenvalue weighted by atomic mass is 19.1. The van der Waals surface area contributed by atoms with Crippen molar-refractivity contribution in [1.29, 1.82) is 0 Å². The predicted octanol–water partition coefficient (Wildman–Crippen LogP) is 2.92. The van der Waals surface area contributed by atoms with Crippen LogP contribution in [0.15, 0.2) is 40.7 Å². The summed E-state index contributed by atoms with van der Waals surface area (Å²) in [5.74, 6) is -0.767. The van der Waals surface area contributed by atoms with Crippen molar-refractivity contribution in [3.8, 4) is 22.8 Å². The zero-order valence-electron chi connectivity index (χ0n) is 21.5. The molecule has 4 heterocycles. The topological polar surface area (TPSA) is 116 Å². The van der Waals surface area contributed by atoms with Crippen LogP contribution in [0.25, 0.3) is 22.3 Å². The monoisotopic (exact) mass is 508 g/mol. The molecular weight excluding hydrogens is 475 g/mol. The Kier molecular flexibility index (Phi) is 6.63. The van der Waals surface area contributed by atoms with Crippen molar-refractivity contribution in [2.45, 2.75) is 45.8 Å². The molecule has 1 aromatic carbocycles. The maximum Gasteiger partial charge on any atom is 0.351 e. The first-order chi connectivity index (χ1) is 17.7. The van der Waals surface area contributed by atoms with Crippen molar-refractivity contribution in [1.82, 2.24) is 25.2 Å². The number of aromatic hydroxyl groups is 2. The van der Waals surface area contributed by atoms with Gasteiger partial charge in [0.15, 0.2) is 5.82 Å². The summed E-state index contributed by atoms with van der Waals surface area (Å²) in [5, 5.41) is 28.2. The normalized spacial score (nSPS) is 22.5. The van der Waals surface area contributed by atoms with Gasteiger partial charge in [-0.2, -0.15) is 4.98 Å². The summed E-state index contributed by atoms with van der Waals surface area (Å²) in [6, 6.07) is 5.06. The van der Waals surface area contributed by atoms with Crippen molar-refractivity contribution in [2.75, 3.05) is 31.1 Å². The van der Waals surface area contributed by atoms with Gasteiger partial charge in [0, 0.05) is 38.3 Å². The van der Waals surface area contributed by atoms with Crippen LogP contribution >= 0.6 is 0 Å². The molecule has 0 unspecified atom stereocenters. The fourth-order valence-electron chi connectivity index (χ4n) is 5.53. The van der Waals surface area contributed by atoms with E-state index in [1.807, 2.05) is 24.8 Å². The highest BCUT2D eigenvalue weighted by Gasteiger charge is 2.34. The third-order valence-corrected chi connectivity index (χ3v) is 7.44. The van der Waals surface area contributed by atoms with Gasteiger partial charge in [0.1, 0.15) is 28.7 Å². The fraction of sp³-hybridized carbons (Fsp3) is 0.444. The molecule has 10 heteroatoms. The van der Waals surface area contributed by atoms with Crippen LogP contribution in [0.2, 0.25) is 0 Å². The van der Waals surface area contributed by atoms with Gasteiger partial charge >= 0.3 is 5.69 Å². The summed E-state index contributed by atoms with van der Waals surface area (Å²) < 4.78 is 17.2. The molecular formula is C27H33FN6O3. The molecule has 4 N–H and O–H groups in total. The van der Waals surface area contributed by atoms with Gasteiger partial charge in [-0.25, -0.2) is 14.2 Å². The van der Waals surface area contributed by atoms with E-state index in [-0.39, 0.29) is 46.4 Å². The Labute approximate surface area is 214 Å². The molecule has 2 aromatic heterocycles. The molecule has 1 saturated heterocycles. The number of hydrogen-bond donors (Lipinski definition) is 4. The van der Waals surface area contributed by atoms with E-state index in [1.165, 1.54) is 28.8 Å². The number of phenolic OH excluding ortho intramolecular Hbond substituents is 2. The van der Waals surface area contributed by atoms with Gasteiger partial charge in [0.25, 0.3) is 0 Å². The molecule has 2 aliphatic heterocycles. The summed E-state index contributed by atoms with van der Waals surface area (Å²) >= 11 is 0. The minimum absolute atomic E-state index is 0.0334. The number of fused-ring (bicyclic) bond motifs is 1. The van der Waals surface area contributed by atoms with E-state index in [1.54, 1.807) is 0 Å². The van der Waals surface area contributed by atoms with E-state index in [4.69, 9.17) is 0 Å². The van der Waals surface area contributed by atoms with E-state index in [9.17, 15) is 15.0 Å². The molecule has 0 amide bonds. The Morgan fingerprint density at radius 2 is 1.92 bits per heavy atom. The van der Waals surface area contributed by atoms with Gasteiger partial charge < -0.3 is 25.7 Å². The third-order valence-electron chi connectivity index (χ3n) is 7.44. The van der Waals surface area contributed by atoms with Gasteiger partial charge in [-0.05, 0) is 38.0 Å². The number of hydrogen-bond acceptors (Lipinski definition) is 8. The average Bonchev–Trinajstić information content (AvgIpc) is 2.85. The molecule has 0 aliphatic carbocycles. The van der Waals surface area contributed by atoms with Crippen LogP contribution < -0.4 is 21.2 Å². The lowest BCUT2D eigenvalue weighted by atomic mass is 9.88. The fourth-order valence-corrected chi connectivity index (χ4v) is 5.53. The summed E-state index contributed by atoms with van der Waals surface area (Å²) in [7, 11) is 0. The lowest BCUT2D eigenvalue weighted by Gasteiger charge is -2.38. The number of phenols is 2. The van der Waals surface area contributed by atoms with E-state index >= 15 is 4.39 Å². The third kappa shape index (κ3) is 4.34. The lowest BCUT2D eigenvalue weighted by Crippen LogP contribution is -2.51. The van der Waals surface area contributed by atoms with Crippen LogP contribution in [0.3, 0.4) is 0 Å². The number of pyridine rings is 1. The van der Waals surface area contributed by atoms with Crippen LogP contribution in [-0.4, -0.2) is 63.0 Å². The molecule has 3 atom stereocenters. The van der Waals surface area contributed by atoms with E-state index in [0.29, 0.717) is 37.4 Å². The summed E-state index contributed by atoms with van der Waals surface area (Å²) in [4.78, 5) is 25.0. The minimum Gasteiger partial charge on any atom is -0.507 e. The Bertz CT molecular complexity index is 1420. The van der Waals surface area contributed by atoms with Crippen molar-refractivity contribution in [3.05, 3.63) is 52.2 Å². The van der Waals surface area contributed by atoms with Gasteiger partial charge in [0.05, 0.1) is 17.0 Å². The number of halogens is 1. The first-order valence-electron chi connectivity index (χ1n) is 12.7. The molecule has 3 aromatic rings. The second-order valence-electron chi connectivity index (χ2n) is 10.3. The molecule has 0 radical (unpaired) electrons. The first kappa shape index (κ1) is 25.2. The molecule has 9 nitrogen and oxygen atoms in total. The highest BCUT2D eigenvalue weighted by Crippen LogP contribution is 2.40. The summed E-state index contributed by atoms with van der Waals surface area (Å²) in [5.41, 5.74) is 0.417. The molecule has 0 saturated carbocycles. The second kappa shape index (κ2) is 9.75. The number of benzene rings is 1. The number of nitrogens with zero attached hydrogens (tertiary/aromatic N) is 4. The highest BCUT2D eigenvalue weighted by molar-refractivity contribution is 5.90. The van der Waals surface area contributed by atoms with Gasteiger partial charge in [0.2, 0.25) is 0 Å². The Hall–Kier alpha value is -3.50. The van der Waals surface area contributed by atoms with Crippen LogP contribution in [-0.2, 0) is 0 Å². The molecule has 1 fully saturated rings. The van der Waals surface area contributed by atoms with Gasteiger partial charge in [-0.15, -0.1) is 0 Å². The largest absolute Gasteiger partial charge is 0.507 e. The number of aromatic nitrogens is 3. The standard InChI is InChI=1S/C27H33FN6O3/c1-14(2)22-24(15(3)8-9-30-22)34-26-17(25(32-27(34)37)33-11-10-29-13-16(33)4)12-18(28)23(31-26)21-19(35)6-5-7-20(21)36/h5-8,12,14,16,22,24,29-30,35-36H,9-11,13H2,1-4H3/t16-,22-,24-/m0/s1. The maximum absolute atomic E-state index is 15.7. The zero-order chi connectivity index (χ0) is 26.4. The molecule has 0 bridgehead atoms. The van der Waals surface area contributed by atoms with Gasteiger partial charge in [-0.3, -0.25) is 4.57 Å². The molecule has 5 rings (SSSR count). The van der Waals surface area contributed by atoms with Crippen LogP contribution in [0, 0.1) is 11.7 Å². The summed E-state index contributed by atoms with van der Waals surface area (Å²) in [6.45, 7) is 10.9. The van der Waals surface area contributed by atoms with Gasteiger partial charge in [-0.1, -0.05) is 31.6 Å². The molecule has 196 valence electrons. The van der Waals surface area contributed by atoms with E-state index in [0.717, 1.165) is 5.57 Å². The Morgan fingerprint density at radius 1 is 1.19 bits per heavy atom.